The van der Waals surface area contributed by atoms with Crippen molar-refractivity contribution >= 4 is 11.8 Å². The molecule has 3 N–H and O–H groups in total. The number of fused-ring (bicyclic) bond motifs is 1. The van der Waals surface area contributed by atoms with Gasteiger partial charge in [0.1, 0.15) is 0 Å². The largest absolute Gasteiger partial charge is 0.392 e. The zero-order valence-corrected chi connectivity index (χ0v) is 32.6. The SMILES string of the molecule is CC1C(CN2C(C(=O)NC(C)(C)C)CCC3CCCCC32)OC(c2cccc(-c3cccc(CNC(=O)c4cccnc4)c3)c2)OC1c1ccc(CO)cc1. The van der Waals surface area contributed by atoms with Crippen molar-refractivity contribution in [2.75, 3.05) is 6.54 Å². The van der Waals surface area contributed by atoms with Gasteiger partial charge in [-0.05, 0) is 104 Å². The Balaban J connectivity index is 1.16. The second-order valence-electron chi connectivity index (χ2n) is 16.7. The van der Waals surface area contributed by atoms with Crippen LogP contribution in [0.3, 0.4) is 0 Å². The molecule has 4 aromatic rings. The summed E-state index contributed by atoms with van der Waals surface area (Å²) in [6.07, 6.45) is 8.80. The molecule has 0 spiro atoms. The molecule has 0 bridgehead atoms. The molecular weight excluding hydrogens is 689 g/mol. The van der Waals surface area contributed by atoms with Gasteiger partial charge in [0.05, 0.1) is 30.4 Å². The van der Waals surface area contributed by atoms with Gasteiger partial charge in [-0.3, -0.25) is 19.5 Å². The average molecular weight is 745 g/mol. The summed E-state index contributed by atoms with van der Waals surface area (Å²) in [5.41, 5.74) is 6.04. The quantitative estimate of drug-likeness (QED) is 0.151. The highest BCUT2D eigenvalue weighted by Gasteiger charge is 2.46. The van der Waals surface area contributed by atoms with Gasteiger partial charge in [-0.2, -0.15) is 0 Å². The highest BCUT2D eigenvalue weighted by molar-refractivity contribution is 5.93. The minimum atomic E-state index is -0.639. The second-order valence-corrected chi connectivity index (χ2v) is 16.7. The van der Waals surface area contributed by atoms with E-state index in [9.17, 15) is 14.7 Å². The highest BCUT2D eigenvalue weighted by atomic mass is 16.7. The fourth-order valence-corrected chi connectivity index (χ4v) is 8.77. The molecule has 2 amide bonds. The Bertz CT molecular complexity index is 1910. The highest BCUT2D eigenvalue weighted by Crippen LogP contribution is 2.45. The van der Waals surface area contributed by atoms with Gasteiger partial charge < -0.3 is 25.2 Å². The van der Waals surface area contributed by atoms with E-state index in [2.05, 4.69) is 90.7 Å². The minimum Gasteiger partial charge on any atom is -0.392 e. The molecule has 2 aliphatic heterocycles. The first kappa shape index (κ1) is 38.8. The maximum atomic E-state index is 13.9. The van der Waals surface area contributed by atoms with E-state index in [0.717, 1.165) is 52.6 Å². The van der Waals surface area contributed by atoms with Gasteiger partial charge in [0, 0.05) is 48.5 Å². The number of nitrogens with zero attached hydrogens (tertiary/aromatic N) is 2. The Labute approximate surface area is 325 Å². The minimum absolute atomic E-state index is 0.00624. The van der Waals surface area contributed by atoms with Gasteiger partial charge in [0.2, 0.25) is 5.91 Å². The van der Waals surface area contributed by atoms with Crippen molar-refractivity contribution in [3.8, 4) is 11.1 Å². The number of aliphatic hydroxyl groups excluding tert-OH is 1. The molecule has 9 nitrogen and oxygen atoms in total. The number of piperidine rings is 1. The smallest absolute Gasteiger partial charge is 0.253 e. The first-order valence-electron chi connectivity index (χ1n) is 20.0. The molecule has 7 rings (SSSR count). The van der Waals surface area contributed by atoms with Crippen LogP contribution in [-0.2, 0) is 27.4 Å². The molecule has 3 heterocycles. The van der Waals surface area contributed by atoms with Crippen LogP contribution in [0.15, 0.2) is 97.3 Å². The number of ether oxygens (including phenoxy) is 2. The molecule has 9 heteroatoms. The lowest BCUT2D eigenvalue weighted by atomic mass is 9.75. The van der Waals surface area contributed by atoms with E-state index in [1.54, 1.807) is 24.5 Å². The Kier molecular flexibility index (Phi) is 12.1. The Morgan fingerprint density at radius 2 is 1.62 bits per heavy atom. The number of carbonyl (C=O) groups excluding carboxylic acids is 2. The van der Waals surface area contributed by atoms with Crippen molar-refractivity contribution in [3.63, 3.8) is 0 Å². The summed E-state index contributed by atoms with van der Waals surface area (Å²) in [5, 5.41) is 16.1. The lowest BCUT2D eigenvalue weighted by molar-refractivity contribution is -0.278. The number of rotatable bonds is 10. The van der Waals surface area contributed by atoms with E-state index >= 15 is 0 Å². The second kappa shape index (κ2) is 17.2. The molecule has 3 aromatic carbocycles. The average Bonchev–Trinajstić information content (AvgIpc) is 3.20. The van der Waals surface area contributed by atoms with Gasteiger partial charge in [0.15, 0.2) is 6.29 Å². The van der Waals surface area contributed by atoms with E-state index in [1.807, 2.05) is 30.3 Å². The lowest BCUT2D eigenvalue weighted by Crippen LogP contribution is -2.61. The van der Waals surface area contributed by atoms with Crippen LogP contribution in [0.25, 0.3) is 11.1 Å². The van der Waals surface area contributed by atoms with Gasteiger partial charge in [-0.15, -0.1) is 0 Å². The first-order valence-corrected chi connectivity index (χ1v) is 20.0. The molecule has 3 aliphatic rings. The molecule has 55 heavy (non-hydrogen) atoms. The Morgan fingerprint density at radius 1 is 0.855 bits per heavy atom. The number of aromatic nitrogens is 1. The van der Waals surface area contributed by atoms with Crippen LogP contribution in [0.4, 0.5) is 0 Å². The summed E-state index contributed by atoms with van der Waals surface area (Å²) in [7, 11) is 0. The summed E-state index contributed by atoms with van der Waals surface area (Å²) in [4.78, 5) is 33.2. The molecule has 3 fully saturated rings. The molecule has 1 aliphatic carbocycles. The number of pyridine rings is 1. The van der Waals surface area contributed by atoms with E-state index in [0.29, 0.717) is 30.6 Å². The summed E-state index contributed by atoms with van der Waals surface area (Å²) in [6, 6.07) is 28.2. The lowest BCUT2D eigenvalue weighted by Gasteiger charge is -2.51. The van der Waals surface area contributed by atoms with Crippen LogP contribution in [-0.4, -0.2) is 57.1 Å². The maximum Gasteiger partial charge on any atom is 0.253 e. The summed E-state index contributed by atoms with van der Waals surface area (Å²) >= 11 is 0. The first-order chi connectivity index (χ1) is 26.6. The van der Waals surface area contributed by atoms with Gasteiger partial charge in [-0.25, -0.2) is 0 Å². The van der Waals surface area contributed by atoms with E-state index < -0.39 is 6.29 Å². The number of hydrogen-bond donors (Lipinski definition) is 3. The van der Waals surface area contributed by atoms with Gasteiger partial charge >= 0.3 is 0 Å². The Morgan fingerprint density at radius 3 is 2.36 bits per heavy atom. The molecule has 0 radical (unpaired) electrons. The van der Waals surface area contributed by atoms with Crippen molar-refractivity contribution in [1.82, 2.24) is 20.5 Å². The Hall–Kier alpha value is -4.41. The summed E-state index contributed by atoms with van der Waals surface area (Å²) in [5.74, 6) is 0.529. The zero-order valence-electron chi connectivity index (χ0n) is 32.6. The van der Waals surface area contributed by atoms with Gasteiger partial charge in [-0.1, -0.05) is 80.4 Å². The fraction of sp³-hybridized carbons (Fsp3) is 0.457. The van der Waals surface area contributed by atoms with Gasteiger partial charge in [0.25, 0.3) is 5.91 Å². The van der Waals surface area contributed by atoms with Crippen molar-refractivity contribution in [1.29, 1.82) is 0 Å². The summed E-state index contributed by atoms with van der Waals surface area (Å²) < 4.78 is 13.9. The molecule has 1 aromatic heterocycles. The molecule has 290 valence electrons. The topological polar surface area (TPSA) is 113 Å². The van der Waals surface area contributed by atoms with Crippen molar-refractivity contribution in [2.24, 2.45) is 11.8 Å². The third-order valence-electron chi connectivity index (χ3n) is 11.6. The number of benzene rings is 3. The normalized spacial score (nSPS) is 25.8. The number of amides is 2. The number of nitrogens with one attached hydrogen (secondary N) is 2. The maximum absolute atomic E-state index is 13.9. The zero-order chi connectivity index (χ0) is 38.5. The van der Waals surface area contributed by atoms with Crippen LogP contribution < -0.4 is 10.6 Å². The van der Waals surface area contributed by atoms with Crippen LogP contribution in [0.2, 0.25) is 0 Å². The number of carbonyl (C=O) groups is 2. The fourth-order valence-electron chi connectivity index (χ4n) is 8.77. The monoisotopic (exact) mass is 744 g/mol. The molecule has 7 unspecified atom stereocenters. The third-order valence-corrected chi connectivity index (χ3v) is 11.6. The van der Waals surface area contributed by atoms with Crippen molar-refractivity contribution in [3.05, 3.63) is 125 Å². The van der Waals surface area contributed by atoms with Crippen molar-refractivity contribution in [2.45, 2.75) is 115 Å². The number of aliphatic hydroxyl groups is 1. The standard InChI is InChI=1S/C46H56N4O5/c1-30-41(28-50-39-16-6-5-11-33(39)21-22-40(50)44(53)49-46(2,3)4)54-45(55-42(30)34-19-17-31(29-51)18-20-34)37-14-8-13-36(25-37)35-12-7-10-32(24-35)26-48-43(52)38-15-9-23-47-27-38/h7-10,12-15,17-20,23-25,27,30,33,39-42,45,51H,5-6,11,16,21-22,26,28-29H2,1-4H3,(H,48,52)(H,49,53). The predicted octanol–water partition coefficient (Wildman–Crippen LogP) is 7.90. The van der Waals surface area contributed by atoms with E-state index in [-0.39, 0.29) is 48.1 Å². The molecule has 7 atom stereocenters. The predicted molar refractivity (Wildman–Crippen MR) is 214 cm³/mol. The van der Waals surface area contributed by atoms with Crippen molar-refractivity contribution < 1.29 is 24.2 Å². The molecular formula is C46H56N4O5. The molecule has 1 saturated carbocycles. The van der Waals surface area contributed by atoms with E-state index in [4.69, 9.17) is 9.47 Å². The number of hydrogen-bond acceptors (Lipinski definition) is 7. The third kappa shape index (κ3) is 9.35. The number of likely N-dealkylation sites (tertiary alicyclic amines) is 1. The van der Waals surface area contributed by atoms with Crippen LogP contribution in [0.5, 0.6) is 0 Å². The molecule has 2 saturated heterocycles. The van der Waals surface area contributed by atoms with Crippen LogP contribution in [0.1, 0.15) is 111 Å². The summed E-state index contributed by atoms with van der Waals surface area (Å²) in [6.45, 7) is 9.36. The van der Waals surface area contributed by atoms with Crippen LogP contribution >= 0.6 is 0 Å². The van der Waals surface area contributed by atoms with Crippen LogP contribution in [0, 0.1) is 11.8 Å². The van der Waals surface area contributed by atoms with E-state index in [1.165, 1.54) is 19.3 Å².